The van der Waals surface area contributed by atoms with E-state index in [1.165, 1.54) is 6.07 Å². The van der Waals surface area contributed by atoms with E-state index < -0.39 is 0 Å². The van der Waals surface area contributed by atoms with Gasteiger partial charge in [-0.2, -0.15) is 0 Å². The molecule has 1 N–H and O–H groups in total. The van der Waals surface area contributed by atoms with Crippen LogP contribution in [0.5, 0.6) is 0 Å². The monoisotopic (exact) mass is 307 g/mol. The summed E-state index contributed by atoms with van der Waals surface area (Å²) in [4.78, 5) is 11.5. The van der Waals surface area contributed by atoms with Crippen LogP contribution in [0.4, 0.5) is 0 Å². The minimum absolute atomic E-state index is 0.214. The summed E-state index contributed by atoms with van der Waals surface area (Å²) >= 11 is 14.7. The van der Waals surface area contributed by atoms with Crippen molar-refractivity contribution < 1.29 is 4.79 Å². The standard InChI is InChI=1S/C10H8BrCl2NO/c1-6(11)5-14-10(15)7-2-3-8(12)9(13)4-7/h2-4H,1,5H2,(H,14,15). The third-order valence-electron chi connectivity index (χ3n) is 1.62. The van der Waals surface area contributed by atoms with E-state index >= 15 is 0 Å². The highest BCUT2D eigenvalue weighted by Gasteiger charge is 2.07. The molecule has 0 saturated carbocycles. The van der Waals surface area contributed by atoms with Crippen molar-refractivity contribution in [2.45, 2.75) is 0 Å². The molecule has 0 saturated heterocycles. The Morgan fingerprint density at radius 2 is 2.07 bits per heavy atom. The zero-order chi connectivity index (χ0) is 11.4. The summed E-state index contributed by atoms with van der Waals surface area (Å²) in [5.41, 5.74) is 0.471. The summed E-state index contributed by atoms with van der Waals surface area (Å²) in [5.74, 6) is -0.214. The molecular formula is C10H8BrCl2NO. The minimum Gasteiger partial charge on any atom is -0.347 e. The van der Waals surface area contributed by atoms with Crippen molar-refractivity contribution >= 4 is 45.0 Å². The van der Waals surface area contributed by atoms with Gasteiger partial charge in [-0.05, 0) is 18.2 Å². The van der Waals surface area contributed by atoms with Crippen LogP contribution in [0.2, 0.25) is 10.0 Å². The smallest absolute Gasteiger partial charge is 0.251 e. The van der Waals surface area contributed by atoms with E-state index in [1.54, 1.807) is 12.1 Å². The molecule has 0 radical (unpaired) electrons. The van der Waals surface area contributed by atoms with E-state index in [4.69, 9.17) is 23.2 Å². The van der Waals surface area contributed by atoms with Gasteiger partial charge in [-0.3, -0.25) is 4.79 Å². The van der Waals surface area contributed by atoms with Gasteiger partial charge in [-0.15, -0.1) is 0 Å². The normalized spacial score (nSPS) is 9.80. The molecule has 0 aliphatic carbocycles. The second-order valence-electron chi connectivity index (χ2n) is 2.83. The SMILES string of the molecule is C=C(Br)CNC(=O)c1ccc(Cl)c(Cl)c1. The molecule has 0 spiro atoms. The lowest BCUT2D eigenvalue weighted by Crippen LogP contribution is -2.24. The molecule has 0 bridgehead atoms. The number of hydrogen-bond donors (Lipinski definition) is 1. The van der Waals surface area contributed by atoms with Crippen molar-refractivity contribution in [3.63, 3.8) is 0 Å². The van der Waals surface area contributed by atoms with Crippen molar-refractivity contribution in [2.24, 2.45) is 0 Å². The molecule has 1 aromatic carbocycles. The molecule has 0 aromatic heterocycles. The maximum atomic E-state index is 11.5. The van der Waals surface area contributed by atoms with E-state index in [-0.39, 0.29) is 5.91 Å². The van der Waals surface area contributed by atoms with Gasteiger partial charge in [0.05, 0.1) is 10.0 Å². The average Bonchev–Trinajstić information content (AvgIpc) is 2.18. The number of carbonyl (C=O) groups is 1. The Labute approximate surface area is 106 Å². The van der Waals surface area contributed by atoms with E-state index in [9.17, 15) is 4.79 Å². The van der Waals surface area contributed by atoms with Crippen LogP contribution in [-0.2, 0) is 0 Å². The maximum absolute atomic E-state index is 11.5. The Morgan fingerprint density at radius 3 is 2.60 bits per heavy atom. The Balaban J connectivity index is 2.74. The largest absolute Gasteiger partial charge is 0.347 e. The molecule has 0 unspecified atom stereocenters. The van der Waals surface area contributed by atoms with Gasteiger partial charge in [0.1, 0.15) is 0 Å². The highest BCUT2D eigenvalue weighted by atomic mass is 79.9. The third kappa shape index (κ3) is 3.86. The number of amides is 1. The van der Waals surface area contributed by atoms with Crippen LogP contribution in [0.25, 0.3) is 0 Å². The fourth-order valence-electron chi connectivity index (χ4n) is 0.916. The molecule has 0 atom stereocenters. The zero-order valence-corrected chi connectivity index (χ0v) is 10.8. The van der Waals surface area contributed by atoms with Gasteiger partial charge in [0.15, 0.2) is 0 Å². The number of halogens is 3. The molecule has 0 fully saturated rings. The van der Waals surface area contributed by atoms with Crippen LogP contribution in [0.15, 0.2) is 29.3 Å². The second-order valence-corrected chi connectivity index (χ2v) is 4.76. The van der Waals surface area contributed by atoms with Crippen molar-refractivity contribution in [1.29, 1.82) is 0 Å². The first kappa shape index (κ1) is 12.6. The second kappa shape index (κ2) is 5.54. The van der Waals surface area contributed by atoms with Crippen LogP contribution in [-0.4, -0.2) is 12.5 Å². The zero-order valence-electron chi connectivity index (χ0n) is 7.69. The van der Waals surface area contributed by atoms with Gasteiger partial charge in [0.25, 0.3) is 5.91 Å². The highest BCUT2D eigenvalue weighted by molar-refractivity contribution is 9.11. The number of carbonyl (C=O) groups excluding carboxylic acids is 1. The molecule has 5 heteroatoms. The molecule has 1 rings (SSSR count). The minimum atomic E-state index is -0.214. The van der Waals surface area contributed by atoms with Crippen LogP contribution >= 0.6 is 39.1 Å². The fraction of sp³-hybridized carbons (Fsp3) is 0.100. The molecule has 0 aliphatic heterocycles. The molecule has 0 heterocycles. The lowest BCUT2D eigenvalue weighted by molar-refractivity contribution is 0.0958. The summed E-state index contributed by atoms with van der Waals surface area (Å²) in [6, 6.07) is 4.72. The van der Waals surface area contributed by atoms with Crippen LogP contribution in [0.3, 0.4) is 0 Å². The lowest BCUT2D eigenvalue weighted by atomic mass is 10.2. The number of hydrogen-bond acceptors (Lipinski definition) is 1. The first-order valence-corrected chi connectivity index (χ1v) is 5.62. The predicted molar refractivity (Wildman–Crippen MR) is 66.9 cm³/mol. The number of benzene rings is 1. The van der Waals surface area contributed by atoms with E-state index in [0.717, 1.165) is 0 Å². The van der Waals surface area contributed by atoms with Crippen molar-refractivity contribution in [3.05, 3.63) is 44.9 Å². The maximum Gasteiger partial charge on any atom is 0.251 e. The molecule has 15 heavy (non-hydrogen) atoms. The predicted octanol–water partition coefficient (Wildman–Crippen LogP) is 3.63. The van der Waals surface area contributed by atoms with Gasteiger partial charge in [-0.1, -0.05) is 45.7 Å². The first-order valence-electron chi connectivity index (χ1n) is 4.07. The van der Waals surface area contributed by atoms with E-state index in [1.807, 2.05) is 0 Å². The summed E-state index contributed by atoms with van der Waals surface area (Å²) in [5, 5.41) is 3.45. The van der Waals surface area contributed by atoms with Crippen molar-refractivity contribution in [2.75, 3.05) is 6.54 Å². The van der Waals surface area contributed by atoms with Gasteiger partial charge in [0.2, 0.25) is 0 Å². The highest BCUT2D eigenvalue weighted by Crippen LogP contribution is 2.22. The lowest BCUT2D eigenvalue weighted by Gasteiger charge is -2.04. The Morgan fingerprint density at radius 1 is 1.40 bits per heavy atom. The summed E-state index contributed by atoms with van der Waals surface area (Å²) in [6.07, 6.45) is 0. The van der Waals surface area contributed by atoms with Gasteiger partial charge < -0.3 is 5.32 Å². The molecule has 1 aromatic rings. The number of rotatable bonds is 3. The third-order valence-corrected chi connectivity index (χ3v) is 2.64. The van der Waals surface area contributed by atoms with Gasteiger partial charge in [-0.25, -0.2) is 0 Å². The molecular weight excluding hydrogens is 301 g/mol. The quantitative estimate of drug-likeness (QED) is 0.907. The van der Waals surface area contributed by atoms with Crippen LogP contribution in [0.1, 0.15) is 10.4 Å². The van der Waals surface area contributed by atoms with Gasteiger partial charge >= 0.3 is 0 Å². The van der Waals surface area contributed by atoms with Crippen molar-refractivity contribution in [3.8, 4) is 0 Å². The molecule has 0 aliphatic rings. The van der Waals surface area contributed by atoms with Crippen LogP contribution < -0.4 is 5.32 Å². The van der Waals surface area contributed by atoms with E-state index in [2.05, 4.69) is 27.8 Å². The van der Waals surface area contributed by atoms with Gasteiger partial charge in [0, 0.05) is 16.6 Å². The summed E-state index contributed by atoms with van der Waals surface area (Å²) in [7, 11) is 0. The van der Waals surface area contributed by atoms with Crippen LogP contribution in [0, 0.1) is 0 Å². The first-order chi connectivity index (χ1) is 7.00. The molecule has 1 amide bonds. The Hall–Kier alpha value is -0.510. The fourth-order valence-corrected chi connectivity index (χ4v) is 1.35. The Kier molecular flexibility index (Phi) is 4.64. The number of nitrogens with one attached hydrogen (secondary N) is 1. The Bertz CT molecular complexity index is 406. The topological polar surface area (TPSA) is 29.1 Å². The molecule has 2 nitrogen and oxygen atoms in total. The summed E-state index contributed by atoms with van der Waals surface area (Å²) < 4.78 is 0.705. The van der Waals surface area contributed by atoms with Crippen molar-refractivity contribution in [1.82, 2.24) is 5.32 Å². The van der Waals surface area contributed by atoms with E-state index in [0.29, 0.717) is 26.6 Å². The summed E-state index contributed by atoms with van der Waals surface area (Å²) in [6.45, 7) is 3.98. The molecule has 80 valence electrons. The average molecular weight is 309 g/mol.